The lowest BCUT2D eigenvalue weighted by atomic mass is 10.3. The molecule has 6 nitrogen and oxygen atoms in total. The zero-order chi connectivity index (χ0) is 16.1. The number of aromatic nitrogens is 2. The maximum absolute atomic E-state index is 11.5. The van der Waals surface area contributed by atoms with E-state index in [1.807, 2.05) is 12.1 Å². The molecule has 0 unspecified atom stereocenters. The molecule has 0 aliphatic rings. The van der Waals surface area contributed by atoms with E-state index in [1.54, 1.807) is 16.8 Å². The lowest BCUT2D eigenvalue weighted by Gasteiger charge is -2.01. The molecule has 1 heterocycles. The normalized spacial score (nSPS) is 10.3. The van der Waals surface area contributed by atoms with Crippen molar-refractivity contribution in [3.63, 3.8) is 0 Å². The quantitative estimate of drug-likeness (QED) is 0.635. The van der Waals surface area contributed by atoms with Gasteiger partial charge in [-0.3, -0.25) is 10.1 Å². The van der Waals surface area contributed by atoms with Gasteiger partial charge < -0.3 is 5.32 Å². The van der Waals surface area contributed by atoms with E-state index in [0.717, 1.165) is 5.69 Å². The minimum absolute atomic E-state index is 0.0797. The SMILES string of the molecule is CNC(=O)NC(=O)CSc1nn(-c2ccc(Cl)cc2)c(=S)s1. The highest BCUT2D eigenvalue weighted by Gasteiger charge is 2.10. The minimum atomic E-state index is -0.537. The van der Waals surface area contributed by atoms with Gasteiger partial charge in [-0.25, -0.2) is 9.48 Å². The molecule has 0 saturated carbocycles. The number of carbonyl (C=O) groups is 2. The van der Waals surface area contributed by atoms with Crippen molar-refractivity contribution in [1.29, 1.82) is 0 Å². The maximum atomic E-state index is 11.5. The average molecular weight is 375 g/mol. The number of halogens is 1. The number of rotatable bonds is 4. The third-order valence-electron chi connectivity index (χ3n) is 2.41. The molecular formula is C12H11ClN4O2S3. The summed E-state index contributed by atoms with van der Waals surface area (Å²) in [6.45, 7) is 0. The first-order valence-electron chi connectivity index (χ1n) is 6.00. The van der Waals surface area contributed by atoms with Crippen LogP contribution in [0.2, 0.25) is 5.02 Å². The van der Waals surface area contributed by atoms with Crippen LogP contribution in [0, 0.1) is 3.95 Å². The zero-order valence-corrected chi connectivity index (χ0v) is 14.5. The van der Waals surface area contributed by atoms with Crippen molar-refractivity contribution in [3.8, 4) is 5.69 Å². The summed E-state index contributed by atoms with van der Waals surface area (Å²) in [4.78, 5) is 22.5. The molecule has 0 spiro atoms. The monoisotopic (exact) mass is 374 g/mol. The molecule has 2 N–H and O–H groups in total. The summed E-state index contributed by atoms with van der Waals surface area (Å²) >= 11 is 13.6. The number of imide groups is 1. The van der Waals surface area contributed by atoms with Crippen LogP contribution in [-0.4, -0.2) is 34.5 Å². The van der Waals surface area contributed by atoms with Crippen LogP contribution in [0.15, 0.2) is 28.6 Å². The summed E-state index contributed by atoms with van der Waals surface area (Å²) in [7, 11) is 1.44. The van der Waals surface area contributed by atoms with Gasteiger partial charge in [0, 0.05) is 12.1 Å². The summed E-state index contributed by atoms with van der Waals surface area (Å²) in [5.74, 6) is -0.320. The van der Waals surface area contributed by atoms with Crippen LogP contribution < -0.4 is 10.6 Å². The summed E-state index contributed by atoms with van der Waals surface area (Å²) in [6.07, 6.45) is 0. The van der Waals surface area contributed by atoms with E-state index in [0.29, 0.717) is 13.3 Å². The molecule has 2 aromatic rings. The fourth-order valence-electron chi connectivity index (χ4n) is 1.42. The molecule has 2 rings (SSSR count). The standard InChI is InChI=1S/C12H11ClN4O2S3/c1-14-10(19)15-9(18)6-21-11-16-17(12(20)22-11)8-4-2-7(13)3-5-8/h2-5H,6H2,1H3,(H2,14,15,18,19). The number of hydrogen-bond acceptors (Lipinski definition) is 6. The predicted octanol–water partition coefficient (Wildman–Crippen LogP) is 2.86. The number of urea groups is 1. The largest absolute Gasteiger partial charge is 0.341 e. The Labute approximate surface area is 144 Å². The van der Waals surface area contributed by atoms with E-state index < -0.39 is 11.9 Å². The number of hydrogen-bond donors (Lipinski definition) is 2. The van der Waals surface area contributed by atoms with Gasteiger partial charge in [-0.2, -0.15) is 0 Å². The van der Waals surface area contributed by atoms with Crippen LogP contribution in [0.25, 0.3) is 5.69 Å². The van der Waals surface area contributed by atoms with Crippen LogP contribution in [-0.2, 0) is 4.79 Å². The summed E-state index contributed by atoms with van der Waals surface area (Å²) in [6, 6.07) is 6.59. The van der Waals surface area contributed by atoms with Crippen molar-refractivity contribution >= 4 is 58.9 Å². The number of benzene rings is 1. The molecular weight excluding hydrogens is 364 g/mol. The van der Waals surface area contributed by atoms with Gasteiger partial charge in [0.2, 0.25) is 5.91 Å². The van der Waals surface area contributed by atoms with E-state index in [-0.39, 0.29) is 5.75 Å². The summed E-state index contributed by atoms with van der Waals surface area (Å²) in [5.41, 5.74) is 0.798. The van der Waals surface area contributed by atoms with E-state index >= 15 is 0 Å². The van der Waals surface area contributed by atoms with E-state index in [2.05, 4.69) is 15.7 Å². The Hall–Kier alpha value is -1.42. The van der Waals surface area contributed by atoms with E-state index in [9.17, 15) is 9.59 Å². The maximum Gasteiger partial charge on any atom is 0.321 e. The fraction of sp³-hybridized carbons (Fsp3) is 0.167. The van der Waals surface area contributed by atoms with Crippen LogP contribution in [0.1, 0.15) is 0 Å². The highest BCUT2D eigenvalue weighted by Crippen LogP contribution is 2.24. The molecule has 1 aromatic heterocycles. The second kappa shape index (κ2) is 7.73. The van der Waals surface area contributed by atoms with E-state index in [4.69, 9.17) is 23.8 Å². The van der Waals surface area contributed by atoms with Gasteiger partial charge in [0.15, 0.2) is 8.29 Å². The predicted molar refractivity (Wildman–Crippen MR) is 90.6 cm³/mol. The third kappa shape index (κ3) is 4.54. The van der Waals surface area contributed by atoms with Crippen molar-refractivity contribution in [2.75, 3.05) is 12.8 Å². The Morgan fingerprint density at radius 2 is 2.09 bits per heavy atom. The topological polar surface area (TPSA) is 76.0 Å². The van der Waals surface area contributed by atoms with Crippen LogP contribution in [0.5, 0.6) is 0 Å². The van der Waals surface area contributed by atoms with Gasteiger partial charge in [-0.05, 0) is 36.5 Å². The van der Waals surface area contributed by atoms with Crippen LogP contribution in [0.3, 0.4) is 0 Å². The van der Waals surface area contributed by atoms with Crippen molar-refractivity contribution in [2.45, 2.75) is 4.34 Å². The van der Waals surface area contributed by atoms with Crippen molar-refractivity contribution in [2.24, 2.45) is 0 Å². The van der Waals surface area contributed by atoms with Gasteiger partial charge in [-0.15, -0.1) is 5.10 Å². The van der Waals surface area contributed by atoms with E-state index in [1.165, 1.54) is 30.1 Å². The fourth-order valence-corrected chi connectivity index (χ4v) is 3.70. The molecule has 22 heavy (non-hydrogen) atoms. The van der Waals surface area contributed by atoms with Gasteiger partial charge in [0.25, 0.3) is 0 Å². The Kier molecular flexibility index (Phi) is 5.95. The smallest absolute Gasteiger partial charge is 0.321 e. The van der Waals surface area contributed by atoms with Gasteiger partial charge in [-0.1, -0.05) is 34.7 Å². The van der Waals surface area contributed by atoms with Crippen molar-refractivity contribution in [1.82, 2.24) is 20.4 Å². The lowest BCUT2D eigenvalue weighted by Crippen LogP contribution is -2.38. The van der Waals surface area contributed by atoms with Crippen LogP contribution >= 0.6 is 46.9 Å². The van der Waals surface area contributed by atoms with Gasteiger partial charge in [0.1, 0.15) is 0 Å². The third-order valence-corrected chi connectivity index (χ3v) is 5.02. The molecule has 0 bridgehead atoms. The molecule has 0 fully saturated rings. The molecule has 10 heteroatoms. The molecule has 116 valence electrons. The van der Waals surface area contributed by atoms with Crippen LogP contribution in [0.4, 0.5) is 4.79 Å². The average Bonchev–Trinajstić information content (AvgIpc) is 2.87. The Balaban J connectivity index is 2.04. The zero-order valence-electron chi connectivity index (χ0n) is 11.3. The van der Waals surface area contributed by atoms with Gasteiger partial charge in [0.05, 0.1) is 11.4 Å². The summed E-state index contributed by atoms with van der Waals surface area (Å²) < 4.78 is 2.82. The molecule has 0 atom stereocenters. The number of amides is 3. The van der Waals surface area contributed by atoms with Gasteiger partial charge >= 0.3 is 6.03 Å². The number of carbonyl (C=O) groups excluding carboxylic acids is 2. The highest BCUT2D eigenvalue weighted by atomic mass is 35.5. The highest BCUT2D eigenvalue weighted by molar-refractivity contribution is 8.01. The second-order valence-corrected chi connectivity index (χ2v) is 7.22. The molecule has 0 saturated heterocycles. The number of nitrogens with zero attached hydrogens (tertiary/aromatic N) is 2. The van der Waals surface area contributed by atoms with Crippen molar-refractivity contribution in [3.05, 3.63) is 33.2 Å². The molecule has 0 radical (unpaired) electrons. The molecule has 1 aromatic carbocycles. The minimum Gasteiger partial charge on any atom is -0.341 e. The second-order valence-electron chi connectivity index (χ2n) is 3.94. The number of nitrogens with one attached hydrogen (secondary N) is 2. The number of thioether (sulfide) groups is 1. The lowest BCUT2D eigenvalue weighted by molar-refractivity contribution is -0.117. The first-order chi connectivity index (χ1) is 10.5. The van der Waals surface area contributed by atoms with Crippen molar-refractivity contribution < 1.29 is 9.59 Å². The Morgan fingerprint density at radius 3 is 2.73 bits per heavy atom. The molecule has 3 amide bonds. The molecule has 0 aliphatic carbocycles. The Bertz CT molecular complexity index is 742. The first-order valence-corrected chi connectivity index (χ1v) is 8.59. The molecule has 0 aliphatic heterocycles. The summed E-state index contributed by atoms with van der Waals surface area (Å²) in [5, 5.41) is 9.47. The Morgan fingerprint density at radius 1 is 1.41 bits per heavy atom. The first kappa shape index (κ1) is 16.9.